The highest BCUT2D eigenvalue weighted by atomic mass is 16.5. The topological polar surface area (TPSA) is 68.2 Å². The molecule has 1 aliphatic rings. The Morgan fingerprint density at radius 3 is 2.61 bits per heavy atom. The van der Waals surface area contributed by atoms with Gasteiger partial charge in [-0.25, -0.2) is 4.79 Å². The van der Waals surface area contributed by atoms with Crippen molar-refractivity contribution in [2.45, 2.75) is 52.5 Å². The molecule has 0 radical (unpaired) electrons. The van der Waals surface area contributed by atoms with Gasteiger partial charge < -0.3 is 15.4 Å². The number of hydrogen-bond donors (Lipinski definition) is 2. The summed E-state index contributed by atoms with van der Waals surface area (Å²) in [6.07, 6.45) is 4.28. The minimum atomic E-state index is -0.0981. The van der Waals surface area contributed by atoms with Crippen LogP contribution < -0.4 is 10.6 Å². The van der Waals surface area contributed by atoms with E-state index in [2.05, 4.69) is 22.7 Å². The average Bonchev–Trinajstić information content (AvgIpc) is 2.68. The summed E-state index contributed by atoms with van der Waals surface area (Å²) >= 11 is 0. The molecule has 0 saturated heterocycles. The standard InChI is InChI=1S/C17H30N4O2/c1-12(9-15-13(2)20-21(4)14(15)3)19-16(22)18-10-17(11-23-5)7-6-8-17/h12H,6-11H2,1-5H3,(H2,18,19,22)/t12-/m1/s1. The Kier molecular flexibility index (Phi) is 5.68. The highest BCUT2D eigenvalue weighted by Gasteiger charge is 2.37. The molecule has 2 N–H and O–H groups in total. The van der Waals surface area contributed by atoms with E-state index in [9.17, 15) is 4.79 Å². The Bertz CT molecular complexity index is 549. The van der Waals surface area contributed by atoms with E-state index >= 15 is 0 Å². The number of methoxy groups -OCH3 is 1. The first-order chi connectivity index (χ1) is 10.9. The quantitative estimate of drug-likeness (QED) is 0.807. The van der Waals surface area contributed by atoms with Gasteiger partial charge in [-0.1, -0.05) is 6.42 Å². The van der Waals surface area contributed by atoms with Crippen LogP contribution in [0, 0.1) is 19.3 Å². The van der Waals surface area contributed by atoms with Gasteiger partial charge in [0.2, 0.25) is 0 Å². The zero-order valence-corrected chi connectivity index (χ0v) is 15.0. The molecule has 0 unspecified atom stereocenters. The first kappa shape index (κ1) is 17.8. The van der Waals surface area contributed by atoms with Crippen LogP contribution in [0.25, 0.3) is 0 Å². The van der Waals surface area contributed by atoms with Crippen molar-refractivity contribution in [3.8, 4) is 0 Å². The second kappa shape index (κ2) is 7.34. The van der Waals surface area contributed by atoms with Gasteiger partial charge in [0.25, 0.3) is 0 Å². The largest absolute Gasteiger partial charge is 0.384 e. The molecule has 1 aromatic rings. The number of hydrogen-bond acceptors (Lipinski definition) is 3. The number of carbonyl (C=O) groups is 1. The number of carbonyl (C=O) groups excluding carboxylic acids is 1. The fraction of sp³-hybridized carbons (Fsp3) is 0.765. The third-order valence-corrected chi connectivity index (χ3v) is 5.04. The highest BCUT2D eigenvalue weighted by Crippen LogP contribution is 2.40. The van der Waals surface area contributed by atoms with Crippen molar-refractivity contribution in [1.82, 2.24) is 20.4 Å². The van der Waals surface area contributed by atoms with Gasteiger partial charge in [0, 0.05) is 37.9 Å². The molecule has 2 amide bonds. The zero-order valence-electron chi connectivity index (χ0n) is 15.0. The second-order valence-electron chi connectivity index (χ2n) is 6.99. The predicted octanol–water partition coefficient (Wildman–Crippen LogP) is 2.08. The molecular formula is C17H30N4O2. The lowest BCUT2D eigenvalue weighted by atomic mass is 9.69. The van der Waals surface area contributed by atoms with Crippen LogP contribution in [-0.2, 0) is 18.2 Å². The summed E-state index contributed by atoms with van der Waals surface area (Å²) in [5.41, 5.74) is 3.55. The van der Waals surface area contributed by atoms with E-state index in [1.807, 2.05) is 25.6 Å². The summed E-state index contributed by atoms with van der Waals surface area (Å²) in [6, 6.07) is -0.0320. The summed E-state index contributed by atoms with van der Waals surface area (Å²) < 4.78 is 7.18. The third-order valence-electron chi connectivity index (χ3n) is 5.04. The van der Waals surface area contributed by atoms with Crippen LogP contribution in [-0.4, -0.2) is 42.1 Å². The summed E-state index contributed by atoms with van der Waals surface area (Å²) in [6.45, 7) is 7.51. The maximum atomic E-state index is 12.1. The molecule has 1 heterocycles. The molecule has 1 atom stereocenters. The fourth-order valence-electron chi connectivity index (χ4n) is 3.37. The van der Waals surface area contributed by atoms with Gasteiger partial charge in [0.1, 0.15) is 0 Å². The molecule has 23 heavy (non-hydrogen) atoms. The van der Waals surface area contributed by atoms with E-state index < -0.39 is 0 Å². The number of rotatable bonds is 7. The Morgan fingerprint density at radius 2 is 2.13 bits per heavy atom. The molecule has 1 fully saturated rings. The predicted molar refractivity (Wildman–Crippen MR) is 90.5 cm³/mol. The van der Waals surface area contributed by atoms with E-state index in [-0.39, 0.29) is 17.5 Å². The molecule has 6 heteroatoms. The third kappa shape index (κ3) is 4.25. The smallest absolute Gasteiger partial charge is 0.315 e. The van der Waals surface area contributed by atoms with E-state index in [0.717, 1.165) is 37.3 Å². The van der Waals surface area contributed by atoms with Gasteiger partial charge in [0.15, 0.2) is 0 Å². The molecule has 130 valence electrons. The Labute approximate surface area is 139 Å². The Hall–Kier alpha value is -1.56. The number of ether oxygens (including phenoxy) is 1. The van der Waals surface area contributed by atoms with Gasteiger partial charge >= 0.3 is 6.03 Å². The monoisotopic (exact) mass is 322 g/mol. The molecule has 0 bridgehead atoms. The van der Waals surface area contributed by atoms with E-state index in [4.69, 9.17) is 4.74 Å². The highest BCUT2D eigenvalue weighted by molar-refractivity contribution is 5.74. The van der Waals surface area contributed by atoms with Gasteiger partial charge in [-0.3, -0.25) is 4.68 Å². The molecule has 1 aliphatic carbocycles. The molecule has 6 nitrogen and oxygen atoms in total. The van der Waals surface area contributed by atoms with Gasteiger partial charge in [-0.2, -0.15) is 5.10 Å². The summed E-state index contributed by atoms with van der Waals surface area (Å²) in [5.74, 6) is 0. The lowest BCUT2D eigenvalue weighted by molar-refractivity contribution is 0.0200. The van der Waals surface area contributed by atoms with Crippen LogP contribution in [0.4, 0.5) is 4.79 Å². The number of aromatic nitrogens is 2. The van der Waals surface area contributed by atoms with Gasteiger partial charge in [-0.15, -0.1) is 0 Å². The Balaban J connectivity index is 1.80. The maximum Gasteiger partial charge on any atom is 0.315 e. The second-order valence-corrected chi connectivity index (χ2v) is 6.99. The number of nitrogens with one attached hydrogen (secondary N) is 2. The maximum absolute atomic E-state index is 12.1. The van der Waals surface area contributed by atoms with Crippen molar-refractivity contribution in [1.29, 1.82) is 0 Å². The molecule has 1 aromatic heterocycles. The van der Waals surface area contributed by atoms with Crippen molar-refractivity contribution in [2.75, 3.05) is 20.3 Å². The summed E-state index contributed by atoms with van der Waals surface area (Å²) in [7, 11) is 3.67. The van der Waals surface area contributed by atoms with Crippen molar-refractivity contribution in [2.24, 2.45) is 12.5 Å². The van der Waals surface area contributed by atoms with Crippen LogP contribution >= 0.6 is 0 Å². The molecule has 0 spiro atoms. The molecule has 2 rings (SSSR count). The lowest BCUT2D eigenvalue weighted by Gasteiger charge is -2.41. The van der Waals surface area contributed by atoms with Crippen LogP contribution in [0.1, 0.15) is 43.1 Å². The van der Waals surface area contributed by atoms with Crippen molar-refractivity contribution in [3.63, 3.8) is 0 Å². The van der Waals surface area contributed by atoms with E-state index in [0.29, 0.717) is 6.54 Å². The first-order valence-electron chi connectivity index (χ1n) is 8.39. The zero-order chi connectivity index (χ0) is 17.0. The minimum Gasteiger partial charge on any atom is -0.384 e. The number of amides is 2. The molecule has 0 aliphatic heterocycles. The fourth-order valence-corrected chi connectivity index (χ4v) is 3.37. The molecule has 0 aromatic carbocycles. The van der Waals surface area contributed by atoms with E-state index in [1.165, 1.54) is 12.0 Å². The van der Waals surface area contributed by atoms with Gasteiger partial charge in [-0.05, 0) is 45.6 Å². The molecule has 1 saturated carbocycles. The van der Waals surface area contributed by atoms with Gasteiger partial charge in [0.05, 0.1) is 12.3 Å². The number of nitrogens with zero attached hydrogens (tertiary/aromatic N) is 2. The van der Waals surface area contributed by atoms with E-state index in [1.54, 1.807) is 7.11 Å². The summed E-state index contributed by atoms with van der Waals surface area (Å²) in [4.78, 5) is 12.1. The van der Waals surface area contributed by atoms with Crippen molar-refractivity contribution >= 4 is 6.03 Å². The average molecular weight is 322 g/mol. The normalized spacial score (nSPS) is 17.4. The van der Waals surface area contributed by atoms with Crippen LogP contribution in [0.3, 0.4) is 0 Å². The Morgan fingerprint density at radius 1 is 1.43 bits per heavy atom. The summed E-state index contributed by atoms with van der Waals surface area (Å²) in [5, 5.41) is 10.5. The molecular weight excluding hydrogens is 292 g/mol. The van der Waals surface area contributed by atoms with Crippen LogP contribution in [0.5, 0.6) is 0 Å². The minimum absolute atomic E-state index is 0.0661. The SMILES string of the molecule is COCC1(CNC(=O)N[C@H](C)Cc2c(C)nn(C)c2C)CCC1. The van der Waals surface area contributed by atoms with Crippen LogP contribution in [0.15, 0.2) is 0 Å². The first-order valence-corrected chi connectivity index (χ1v) is 8.39. The van der Waals surface area contributed by atoms with Crippen molar-refractivity contribution in [3.05, 3.63) is 17.0 Å². The van der Waals surface area contributed by atoms with Crippen molar-refractivity contribution < 1.29 is 9.53 Å². The van der Waals surface area contributed by atoms with Crippen LogP contribution in [0.2, 0.25) is 0 Å². The lowest BCUT2D eigenvalue weighted by Crippen LogP contribution is -2.49. The number of urea groups is 1. The number of aryl methyl sites for hydroxylation is 2.